The second-order valence-corrected chi connectivity index (χ2v) is 8.26. The first kappa shape index (κ1) is 21.2. The number of benzene rings is 1. The maximum atomic E-state index is 12.7. The quantitative estimate of drug-likeness (QED) is 0.512. The first-order valence-electron chi connectivity index (χ1n) is 10.2. The van der Waals surface area contributed by atoms with Crippen molar-refractivity contribution in [2.24, 2.45) is 0 Å². The van der Waals surface area contributed by atoms with Gasteiger partial charge >= 0.3 is 0 Å². The second kappa shape index (κ2) is 9.83. The molecule has 3 aromatic rings. The summed E-state index contributed by atoms with van der Waals surface area (Å²) in [6, 6.07) is 7.31. The minimum Gasteiger partial charge on any atom is -0.379 e. The molecule has 1 fully saturated rings. The molecular formula is C21H25Cl2N5O2. The fraction of sp³-hybridized carbons (Fsp3) is 0.429. The summed E-state index contributed by atoms with van der Waals surface area (Å²) in [6.45, 7) is 6.01. The maximum Gasteiger partial charge on any atom is 0.275 e. The second-order valence-electron chi connectivity index (χ2n) is 7.45. The highest BCUT2D eigenvalue weighted by molar-refractivity contribution is 6.42. The Kier molecular flexibility index (Phi) is 6.94. The van der Waals surface area contributed by atoms with Gasteiger partial charge in [0.15, 0.2) is 0 Å². The van der Waals surface area contributed by atoms with E-state index in [-0.39, 0.29) is 5.56 Å². The van der Waals surface area contributed by atoms with Crippen LogP contribution in [0.25, 0.3) is 11.0 Å². The van der Waals surface area contributed by atoms with Crippen LogP contribution in [0.1, 0.15) is 18.4 Å². The van der Waals surface area contributed by atoms with E-state index in [4.69, 9.17) is 27.9 Å². The Morgan fingerprint density at radius 3 is 2.70 bits per heavy atom. The molecule has 0 unspecified atom stereocenters. The van der Waals surface area contributed by atoms with Crippen LogP contribution in [-0.2, 0) is 17.8 Å². The van der Waals surface area contributed by atoms with Gasteiger partial charge in [0.25, 0.3) is 5.56 Å². The van der Waals surface area contributed by atoms with Crippen molar-refractivity contribution in [3.8, 4) is 0 Å². The number of nitrogens with zero attached hydrogens (tertiary/aromatic N) is 3. The molecular weight excluding hydrogens is 425 g/mol. The predicted octanol–water partition coefficient (Wildman–Crippen LogP) is 3.76. The highest BCUT2D eigenvalue weighted by atomic mass is 35.5. The third kappa shape index (κ3) is 5.16. The molecule has 0 radical (unpaired) electrons. The average molecular weight is 450 g/mol. The minimum absolute atomic E-state index is 0.144. The van der Waals surface area contributed by atoms with E-state index in [1.165, 1.54) is 0 Å². The number of morpholine rings is 1. The van der Waals surface area contributed by atoms with E-state index in [1.54, 1.807) is 18.5 Å². The van der Waals surface area contributed by atoms with Crippen LogP contribution in [0.5, 0.6) is 0 Å². The number of aromatic nitrogens is 3. The lowest BCUT2D eigenvalue weighted by molar-refractivity contribution is 0.0371. The average Bonchev–Trinajstić information content (AvgIpc) is 3.16. The summed E-state index contributed by atoms with van der Waals surface area (Å²) >= 11 is 12.0. The van der Waals surface area contributed by atoms with Crippen LogP contribution in [0, 0.1) is 0 Å². The Labute approximate surface area is 184 Å². The lowest BCUT2D eigenvalue weighted by Gasteiger charge is -2.26. The van der Waals surface area contributed by atoms with Gasteiger partial charge in [-0.05, 0) is 37.1 Å². The van der Waals surface area contributed by atoms with Crippen LogP contribution in [0.2, 0.25) is 10.0 Å². The summed E-state index contributed by atoms with van der Waals surface area (Å²) in [6.07, 6.45) is 3.83. The van der Waals surface area contributed by atoms with E-state index >= 15 is 0 Å². The van der Waals surface area contributed by atoms with Crippen LogP contribution in [0.3, 0.4) is 0 Å². The van der Waals surface area contributed by atoms with Crippen molar-refractivity contribution < 1.29 is 4.74 Å². The summed E-state index contributed by atoms with van der Waals surface area (Å²) in [5.74, 6) is 0.621. The van der Waals surface area contributed by atoms with Gasteiger partial charge in [0.05, 0.1) is 35.1 Å². The Bertz CT molecular complexity index is 1060. The van der Waals surface area contributed by atoms with Gasteiger partial charge in [-0.25, -0.2) is 4.98 Å². The number of hydrogen-bond donors (Lipinski definition) is 2. The number of aromatic amines is 1. The topological polar surface area (TPSA) is 75.2 Å². The Balaban J connectivity index is 1.36. The van der Waals surface area contributed by atoms with Gasteiger partial charge in [-0.1, -0.05) is 29.3 Å². The molecule has 0 saturated carbocycles. The first-order valence-corrected chi connectivity index (χ1v) is 10.9. The van der Waals surface area contributed by atoms with Crippen molar-refractivity contribution in [2.75, 3.05) is 38.2 Å². The molecule has 160 valence electrons. The van der Waals surface area contributed by atoms with Gasteiger partial charge in [-0.15, -0.1) is 0 Å². The van der Waals surface area contributed by atoms with E-state index in [0.717, 1.165) is 57.8 Å². The van der Waals surface area contributed by atoms with Crippen LogP contribution in [0.4, 0.5) is 5.82 Å². The highest BCUT2D eigenvalue weighted by Gasteiger charge is 2.11. The zero-order valence-electron chi connectivity index (χ0n) is 16.7. The standard InChI is InChI=1S/C21H25Cl2N5O2/c22-16-4-3-15(11-17(16)23)13-24-19-12-18-20(21(29)26-19)28(14-25-18)6-2-1-5-27-7-9-30-10-8-27/h3-4,11-12,14H,1-2,5-10,13H2,(H2,24,26,29). The van der Waals surface area contributed by atoms with Crippen LogP contribution >= 0.6 is 23.2 Å². The lowest BCUT2D eigenvalue weighted by Crippen LogP contribution is -2.36. The Morgan fingerprint density at radius 2 is 1.90 bits per heavy atom. The van der Waals surface area contributed by atoms with Gasteiger partial charge in [0, 0.05) is 32.2 Å². The molecule has 0 amide bonds. The Hall–Kier alpha value is -2.06. The van der Waals surface area contributed by atoms with Crippen molar-refractivity contribution in [1.82, 2.24) is 19.4 Å². The third-order valence-electron chi connectivity index (χ3n) is 5.30. The molecule has 1 aliphatic rings. The van der Waals surface area contributed by atoms with Crippen molar-refractivity contribution in [2.45, 2.75) is 25.9 Å². The minimum atomic E-state index is -0.144. The van der Waals surface area contributed by atoms with Gasteiger partial charge in [0.1, 0.15) is 11.3 Å². The fourth-order valence-corrected chi connectivity index (χ4v) is 3.98. The molecule has 30 heavy (non-hydrogen) atoms. The van der Waals surface area contributed by atoms with Gasteiger partial charge in [0.2, 0.25) is 0 Å². The number of fused-ring (bicyclic) bond motifs is 1. The number of halogens is 2. The zero-order chi connectivity index (χ0) is 20.9. The summed E-state index contributed by atoms with van der Waals surface area (Å²) in [7, 11) is 0. The molecule has 9 heteroatoms. The van der Waals surface area contributed by atoms with Crippen molar-refractivity contribution in [3.63, 3.8) is 0 Å². The molecule has 2 N–H and O–H groups in total. The van der Waals surface area contributed by atoms with Gasteiger partial charge < -0.3 is 19.6 Å². The molecule has 0 bridgehead atoms. The SMILES string of the molecule is O=c1[nH]c(NCc2ccc(Cl)c(Cl)c2)cc2ncn(CCCCN3CCOCC3)c12. The van der Waals surface area contributed by atoms with E-state index in [2.05, 4.69) is 20.2 Å². The number of rotatable bonds is 8. The molecule has 0 aliphatic carbocycles. The molecule has 4 rings (SSSR count). The predicted molar refractivity (Wildman–Crippen MR) is 121 cm³/mol. The highest BCUT2D eigenvalue weighted by Crippen LogP contribution is 2.23. The van der Waals surface area contributed by atoms with E-state index in [1.807, 2.05) is 16.7 Å². The van der Waals surface area contributed by atoms with E-state index in [9.17, 15) is 4.79 Å². The van der Waals surface area contributed by atoms with Crippen molar-refractivity contribution in [1.29, 1.82) is 0 Å². The molecule has 1 saturated heterocycles. The van der Waals surface area contributed by atoms with E-state index < -0.39 is 0 Å². The largest absolute Gasteiger partial charge is 0.379 e. The molecule has 2 aromatic heterocycles. The van der Waals surface area contributed by atoms with Crippen molar-refractivity contribution in [3.05, 3.63) is 56.6 Å². The summed E-state index contributed by atoms with van der Waals surface area (Å²) < 4.78 is 7.32. The molecule has 0 spiro atoms. The Morgan fingerprint density at radius 1 is 1.10 bits per heavy atom. The van der Waals surface area contributed by atoms with Crippen LogP contribution in [0.15, 0.2) is 35.4 Å². The van der Waals surface area contributed by atoms with Gasteiger partial charge in [-0.3, -0.25) is 9.69 Å². The third-order valence-corrected chi connectivity index (χ3v) is 6.04. The first-order chi connectivity index (χ1) is 14.6. The van der Waals surface area contributed by atoms with Crippen LogP contribution < -0.4 is 10.9 Å². The smallest absolute Gasteiger partial charge is 0.275 e. The fourth-order valence-electron chi connectivity index (χ4n) is 3.66. The number of H-pyrrole nitrogens is 1. The van der Waals surface area contributed by atoms with Gasteiger partial charge in [-0.2, -0.15) is 0 Å². The number of hydrogen-bond acceptors (Lipinski definition) is 5. The zero-order valence-corrected chi connectivity index (χ0v) is 18.2. The molecule has 7 nitrogen and oxygen atoms in total. The number of imidazole rings is 1. The molecule has 1 aliphatic heterocycles. The summed E-state index contributed by atoms with van der Waals surface area (Å²) in [5, 5.41) is 4.24. The number of anilines is 1. The number of unbranched alkanes of at least 4 members (excludes halogenated alkanes) is 1. The maximum absolute atomic E-state index is 12.7. The lowest BCUT2D eigenvalue weighted by atomic mass is 10.2. The number of pyridine rings is 1. The molecule has 0 atom stereocenters. The summed E-state index contributed by atoms with van der Waals surface area (Å²) in [5.41, 5.74) is 2.12. The molecule has 3 heterocycles. The summed E-state index contributed by atoms with van der Waals surface area (Å²) in [4.78, 5) is 22.4. The molecule has 1 aromatic carbocycles. The normalized spacial score (nSPS) is 15.0. The van der Waals surface area contributed by atoms with Crippen LogP contribution in [-0.4, -0.2) is 52.3 Å². The number of nitrogens with one attached hydrogen (secondary N) is 2. The van der Waals surface area contributed by atoms with Crippen molar-refractivity contribution >= 4 is 40.1 Å². The number of ether oxygens (including phenoxy) is 1. The number of aryl methyl sites for hydroxylation is 1. The van der Waals surface area contributed by atoms with E-state index in [0.29, 0.717) is 33.4 Å². The monoisotopic (exact) mass is 449 g/mol.